The van der Waals surface area contributed by atoms with Gasteiger partial charge in [-0.15, -0.1) is 0 Å². The molecule has 2 aromatic heterocycles. The molecule has 0 aliphatic heterocycles. The smallest absolute Gasteiger partial charge is 0.412 e. The van der Waals surface area contributed by atoms with E-state index in [0.29, 0.717) is 68.2 Å². The second kappa shape index (κ2) is 16.7. The molecule has 2 heterocycles. The van der Waals surface area contributed by atoms with Gasteiger partial charge in [-0.2, -0.15) is 0 Å². The molecule has 0 bridgehead atoms. The van der Waals surface area contributed by atoms with E-state index < -0.39 is 6.09 Å². The Kier molecular flexibility index (Phi) is 11.5. The van der Waals surface area contributed by atoms with Gasteiger partial charge < -0.3 is 38.5 Å². The van der Waals surface area contributed by atoms with Gasteiger partial charge in [0, 0.05) is 17.2 Å². The minimum Gasteiger partial charge on any atom is -0.493 e. The molecular formula is C41H41N5O8. The molecule has 0 radical (unpaired) electrons. The molecule has 4 aromatic carbocycles. The lowest BCUT2D eigenvalue weighted by Gasteiger charge is -2.23. The van der Waals surface area contributed by atoms with Crippen molar-refractivity contribution >= 4 is 28.8 Å². The Bertz CT molecular complexity index is 2160. The standard InChI is InChI=1S/C41H41N5O8/c1-8-54-41(47)44-33-23-28(42-34(24-15-11-9-12-16-24)25-17-13-10-14-18-25)37-40(43-33)46-36(27-21-31(50-4)39(53-7)32(22-27)51-5)35(45-37)26-19-29(48-2)38(52-6)30(20-26)49-3/h9-23,34H,8H2,1-7H3,(H2,42,43,44,46,47). The van der Waals surface area contributed by atoms with E-state index in [2.05, 4.69) is 10.6 Å². The molecule has 278 valence electrons. The summed E-state index contributed by atoms with van der Waals surface area (Å²) >= 11 is 0. The number of hydrogen-bond donors (Lipinski definition) is 2. The summed E-state index contributed by atoms with van der Waals surface area (Å²) < 4.78 is 39.3. The van der Waals surface area contributed by atoms with Crippen LogP contribution in [-0.2, 0) is 4.74 Å². The highest BCUT2D eigenvalue weighted by Gasteiger charge is 2.25. The van der Waals surface area contributed by atoms with Crippen LogP contribution in [0.25, 0.3) is 33.7 Å². The number of fused-ring (bicyclic) bond motifs is 1. The first-order valence-corrected chi connectivity index (χ1v) is 17.0. The first-order chi connectivity index (χ1) is 26.3. The summed E-state index contributed by atoms with van der Waals surface area (Å²) in [5.41, 5.74) is 5.23. The van der Waals surface area contributed by atoms with Gasteiger partial charge in [-0.05, 0) is 42.3 Å². The number of nitrogens with one attached hydrogen (secondary N) is 2. The van der Waals surface area contributed by atoms with E-state index in [9.17, 15) is 4.79 Å². The number of ether oxygens (including phenoxy) is 7. The van der Waals surface area contributed by atoms with Gasteiger partial charge in [0.05, 0.1) is 72.4 Å². The molecule has 13 nitrogen and oxygen atoms in total. The third-order valence-electron chi connectivity index (χ3n) is 8.59. The Hall–Kier alpha value is -6.76. The monoisotopic (exact) mass is 731 g/mol. The highest BCUT2D eigenvalue weighted by molar-refractivity contribution is 5.95. The van der Waals surface area contributed by atoms with Gasteiger partial charge in [-0.25, -0.2) is 19.7 Å². The van der Waals surface area contributed by atoms with E-state index in [-0.39, 0.29) is 24.1 Å². The van der Waals surface area contributed by atoms with Crippen molar-refractivity contribution in [3.8, 4) is 57.0 Å². The number of methoxy groups -OCH3 is 6. The molecule has 0 saturated heterocycles. The van der Waals surface area contributed by atoms with Crippen LogP contribution in [0.15, 0.2) is 91.0 Å². The molecule has 0 saturated carbocycles. The number of amides is 1. The number of carbonyl (C=O) groups excluding carboxylic acids is 1. The van der Waals surface area contributed by atoms with Crippen LogP contribution >= 0.6 is 0 Å². The van der Waals surface area contributed by atoms with Crippen molar-refractivity contribution in [2.45, 2.75) is 13.0 Å². The Morgan fingerprint density at radius 2 is 1.07 bits per heavy atom. The maximum Gasteiger partial charge on any atom is 0.412 e. The van der Waals surface area contributed by atoms with Crippen LogP contribution in [0.1, 0.15) is 24.1 Å². The first-order valence-electron chi connectivity index (χ1n) is 17.0. The highest BCUT2D eigenvalue weighted by Crippen LogP contribution is 2.46. The van der Waals surface area contributed by atoms with Crippen molar-refractivity contribution in [3.05, 3.63) is 102 Å². The number of aromatic nitrogens is 3. The van der Waals surface area contributed by atoms with Crippen LogP contribution in [0, 0.1) is 0 Å². The van der Waals surface area contributed by atoms with Gasteiger partial charge in [0.15, 0.2) is 28.6 Å². The Morgan fingerprint density at radius 3 is 1.50 bits per heavy atom. The predicted octanol–water partition coefficient (Wildman–Crippen LogP) is 8.18. The fourth-order valence-corrected chi connectivity index (χ4v) is 6.13. The molecular weight excluding hydrogens is 690 g/mol. The Balaban J connectivity index is 1.68. The average molecular weight is 732 g/mol. The van der Waals surface area contributed by atoms with Crippen molar-refractivity contribution in [1.82, 2.24) is 15.0 Å². The molecule has 13 heteroatoms. The Labute approximate surface area is 313 Å². The molecule has 6 rings (SSSR count). The SMILES string of the molecule is CCOC(=O)Nc1cc(NC(c2ccccc2)c2ccccc2)c2nc(-c3cc(OC)c(OC)c(OC)c3)c(-c3cc(OC)c(OC)c(OC)c3)nc2n1. The first kappa shape index (κ1) is 37.0. The van der Waals surface area contributed by atoms with Crippen LogP contribution in [0.4, 0.5) is 16.3 Å². The summed E-state index contributed by atoms with van der Waals surface area (Å²) in [4.78, 5) is 27.9. The number of nitrogens with zero attached hydrogens (tertiary/aromatic N) is 3. The number of hydrogen-bond acceptors (Lipinski definition) is 12. The number of benzene rings is 4. The lowest BCUT2D eigenvalue weighted by atomic mass is 9.98. The van der Waals surface area contributed by atoms with Crippen molar-refractivity contribution in [2.75, 3.05) is 59.9 Å². The summed E-state index contributed by atoms with van der Waals surface area (Å²) in [5.74, 6) is 2.68. The van der Waals surface area contributed by atoms with Gasteiger partial charge in [-0.1, -0.05) is 60.7 Å². The third kappa shape index (κ3) is 7.56. The second-order valence-corrected chi connectivity index (χ2v) is 11.7. The van der Waals surface area contributed by atoms with E-state index in [0.717, 1.165) is 11.1 Å². The van der Waals surface area contributed by atoms with Crippen LogP contribution in [0.2, 0.25) is 0 Å². The Morgan fingerprint density at radius 1 is 0.611 bits per heavy atom. The van der Waals surface area contributed by atoms with Crippen LogP contribution < -0.4 is 39.1 Å². The molecule has 0 atom stereocenters. The van der Waals surface area contributed by atoms with Crippen molar-refractivity contribution in [1.29, 1.82) is 0 Å². The second-order valence-electron chi connectivity index (χ2n) is 11.7. The fraction of sp³-hybridized carbons (Fsp3) is 0.220. The van der Waals surface area contributed by atoms with Crippen LogP contribution in [0.5, 0.6) is 34.5 Å². The summed E-state index contributed by atoms with van der Waals surface area (Å²) in [6.45, 7) is 1.91. The maximum absolute atomic E-state index is 12.7. The zero-order valence-corrected chi connectivity index (χ0v) is 31.1. The van der Waals surface area contributed by atoms with Gasteiger partial charge >= 0.3 is 6.09 Å². The van der Waals surface area contributed by atoms with Gasteiger partial charge in [-0.3, -0.25) is 5.32 Å². The van der Waals surface area contributed by atoms with Crippen molar-refractivity contribution in [2.24, 2.45) is 0 Å². The van der Waals surface area contributed by atoms with Gasteiger partial charge in [0.1, 0.15) is 11.3 Å². The molecule has 6 aromatic rings. The van der Waals surface area contributed by atoms with Gasteiger partial charge in [0.25, 0.3) is 0 Å². The normalized spacial score (nSPS) is 10.8. The van der Waals surface area contributed by atoms with E-state index >= 15 is 0 Å². The lowest BCUT2D eigenvalue weighted by molar-refractivity contribution is 0.168. The number of pyridine rings is 1. The quantitative estimate of drug-likeness (QED) is 0.111. The third-order valence-corrected chi connectivity index (χ3v) is 8.59. The minimum absolute atomic E-state index is 0.178. The van der Waals surface area contributed by atoms with E-state index in [1.807, 2.05) is 60.7 Å². The maximum atomic E-state index is 12.7. The van der Waals surface area contributed by atoms with Crippen molar-refractivity contribution in [3.63, 3.8) is 0 Å². The number of carbonyl (C=O) groups is 1. The largest absolute Gasteiger partial charge is 0.493 e. The highest BCUT2D eigenvalue weighted by atomic mass is 16.6. The average Bonchev–Trinajstić information content (AvgIpc) is 3.21. The fourth-order valence-electron chi connectivity index (χ4n) is 6.13. The summed E-state index contributed by atoms with van der Waals surface area (Å²) in [6.07, 6.45) is -0.662. The van der Waals surface area contributed by atoms with Crippen LogP contribution in [0.3, 0.4) is 0 Å². The molecule has 0 aliphatic carbocycles. The zero-order chi connectivity index (χ0) is 38.2. The molecule has 1 amide bonds. The molecule has 0 fully saturated rings. The number of rotatable bonds is 14. The zero-order valence-electron chi connectivity index (χ0n) is 31.1. The van der Waals surface area contributed by atoms with Crippen LogP contribution in [-0.4, -0.2) is 70.3 Å². The summed E-state index contributed by atoms with van der Waals surface area (Å²) in [5, 5.41) is 6.44. The van der Waals surface area contributed by atoms with E-state index in [1.54, 1.807) is 58.6 Å². The van der Waals surface area contributed by atoms with E-state index in [4.69, 9.17) is 48.1 Å². The van der Waals surface area contributed by atoms with Crippen molar-refractivity contribution < 1.29 is 38.0 Å². The molecule has 0 unspecified atom stereocenters. The topological polar surface area (TPSA) is 144 Å². The number of anilines is 2. The lowest BCUT2D eigenvalue weighted by Crippen LogP contribution is -2.17. The summed E-state index contributed by atoms with van der Waals surface area (Å²) in [7, 11) is 9.24. The predicted molar refractivity (Wildman–Crippen MR) is 207 cm³/mol. The summed E-state index contributed by atoms with van der Waals surface area (Å²) in [6, 6.07) is 28.6. The van der Waals surface area contributed by atoms with Gasteiger partial charge in [0.2, 0.25) is 11.5 Å². The molecule has 2 N–H and O–H groups in total. The molecule has 54 heavy (non-hydrogen) atoms. The minimum atomic E-state index is -0.662. The van der Waals surface area contributed by atoms with E-state index in [1.165, 1.54) is 21.3 Å². The molecule has 0 spiro atoms. The molecule has 0 aliphatic rings.